The van der Waals surface area contributed by atoms with Crippen molar-refractivity contribution in [3.63, 3.8) is 0 Å². The molecule has 20 heavy (non-hydrogen) atoms. The number of fused-ring (bicyclic) bond motifs is 1. The predicted octanol–water partition coefficient (Wildman–Crippen LogP) is 1.32. The fourth-order valence-corrected chi connectivity index (χ4v) is 6.81. The van der Waals surface area contributed by atoms with E-state index in [1.165, 1.54) is 0 Å². The standard InChI is InChI=1S/C16H23NO3/c1-10-5-11-6-13(18)15(19)8-12-9-17-4-2-3-14(11,15)16(17,7-10)20-12/h10-12,19H,2-9H2,1H3/t10-,11+,12-,14+,15+,16+/m1/s1. The largest absolute Gasteiger partial charge is 0.381 e. The predicted molar refractivity (Wildman–Crippen MR) is 71.9 cm³/mol. The molecule has 0 amide bonds. The summed E-state index contributed by atoms with van der Waals surface area (Å²) in [5.74, 6) is 1.02. The van der Waals surface area contributed by atoms with Crippen molar-refractivity contribution in [1.29, 1.82) is 0 Å². The van der Waals surface area contributed by atoms with E-state index in [-0.39, 0.29) is 23.0 Å². The van der Waals surface area contributed by atoms with Gasteiger partial charge in [-0.3, -0.25) is 9.69 Å². The lowest BCUT2D eigenvalue weighted by atomic mass is 9.50. The van der Waals surface area contributed by atoms with Crippen LogP contribution in [0.15, 0.2) is 0 Å². The third kappa shape index (κ3) is 0.994. The summed E-state index contributed by atoms with van der Waals surface area (Å²) in [5.41, 5.74) is -1.75. The second-order valence-corrected chi connectivity index (χ2v) is 7.98. The van der Waals surface area contributed by atoms with Gasteiger partial charge >= 0.3 is 0 Å². The van der Waals surface area contributed by atoms with Crippen molar-refractivity contribution in [2.45, 2.75) is 62.9 Å². The summed E-state index contributed by atoms with van der Waals surface area (Å²) in [7, 11) is 0. The maximum atomic E-state index is 12.7. The first-order valence-electron chi connectivity index (χ1n) is 8.20. The van der Waals surface area contributed by atoms with E-state index in [2.05, 4.69) is 11.8 Å². The van der Waals surface area contributed by atoms with E-state index in [4.69, 9.17) is 4.74 Å². The molecule has 2 spiro atoms. The monoisotopic (exact) mass is 277 g/mol. The average molecular weight is 277 g/mol. The van der Waals surface area contributed by atoms with Gasteiger partial charge in [0.1, 0.15) is 11.3 Å². The Labute approximate surface area is 119 Å². The fraction of sp³-hybridized carbons (Fsp3) is 0.938. The molecular weight excluding hydrogens is 254 g/mol. The number of Topliss-reactive ketones (excluding diaryl/α,β-unsaturated/α-hetero) is 1. The molecular formula is C16H23NO3. The van der Waals surface area contributed by atoms with Gasteiger partial charge in [0.05, 0.1) is 11.5 Å². The van der Waals surface area contributed by atoms with Crippen LogP contribution in [-0.4, -0.2) is 46.3 Å². The van der Waals surface area contributed by atoms with Crippen LogP contribution in [0.2, 0.25) is 0 Å². The smallest absolute Gasteiger partial charge is 0.165 e. The van der Waals surface area contributed by atoms with Crippen LogP contribution in [0, 0.1) is 17.3 Å². The molecule has 6 atom stereocenters. The minimum atomic E-state index is -1.10. The molecule has 3 saturated heterocycles. The summed E-state index contributed by atoms with van der Waals surface area (Å²) in [6.45, 7) is 4.27. The molecule has 0 aromatic heterocycles. The quantitative estimate of drug-likeness (QED) is 0.725. The number of rotatable bonds is 0. The average Bonchev–Trinajstić information content (AvgIpc) is 2.80. The number of ether oxygens (including phenoxy) is 1. The minimum Gasteiger partial charge on any atom is -0.381 e. The van der Waals surface area contributed by atoms with Crippen molar-refractivity contribution >= 4 is 5.78 Å². The highest BCUT2D eigenvalue weighted by Gasteiger charge is 2.81. The molecule has 5 fully saturated rings. The van der Waals surface area contributed by atoms with Gasteiger partial charge in [0, 0.05) is 25.9 Å². The lowest BCUT2D eigenvalue weighted by Crippen LogP contribution is -2.74. The molecule has 0 aromatic carbocycles. The van der Waals surface area contributed by atoms with Gasteiger partial charge in [-0.2, -0.15) is 0 Å². The van der Waals surface area contributed by atoms with Gasteiger partial charge in [-0.25, -0.2) is 0 Å². The Kier molecular flexibility index (Phi) is 2.01. The van der Waals surface area contributed by atoms with E-state index in [0.29, 0.717) is 24.7 Å². The number of carbonyl (C=O) groups is 1. The number of hydrogen-bond donors (Lipinski definition) is 1. The first kappa shape index (κ1) is 12.1. The Morgan fingerprint density at radius 3 is 3.10 bits per heavy atom. The molecule has 0 unspecified atom stereocenters. The molecule has 2 aliphatic carbocycles. The van der Waals surface area contributed by atoms with Gasteiger partial charge in [-0.05, 0) is 37.5 Å². The van der Waals surface area contributed by atoms with Gasteiger partial charge in [-0.1, -0.05) is 6.92 Å². The van der Waals surface area contributed by atoms with E-state index in [9.17, 15) is 9.90 Å². The Hall–Kier alpha value is -0.450. The molecule has 5 aliphatic rings. The normalized spacial score (nSPS) is 60.7. The van der Waals surface area contributed by atoms with Crippen LogP contribution >= 0.6 is 0 Å². The Balaban J connectivity index is 1.79. The van der Waals surface area contributed by atoms with Crippen LogP contribution in [0.4, 0.5) is 0 Å². The molecule has 3 aliphatic heterocycles. The van der Waals surface area contributed by atoms with Crippen molar-refractivity contribution in [2.75, 3.05) is 13.1 Å². The Morgan fingerprint density at radius 2 is 2.25 bits per heavy atom. The van der Waals surface area contributed by atoms with E-state index in [0.717, 1.165) is 38.8 Å². The zero-order valence-corrected chi connectivity index (χ0v) is 12.1. The number of piperidine rings is 1. The number of ketones is 1. The van der Waals surface area contributed by atoms with Crippen LogP contribution in [-0.2, 0) is 9.53 Å². The topological polar surface area (TPSA) is 49.8 Å². The van der Waals surface area contributed by atoms with Gasteiger partial charge in [0.25, 0.3) is 0 Å². The van der Waals surface area contributed by atoms with Gasteiger partial charge in [-0.15, -0.1) is 0 Å². The lowest BCUT2D eigenvalue weighted by Gasteiger charge is -2.65. The van der Waals surface area contributed by atoms with Gasteiger partial charge < -0.3 is 9.84 Å². The maximum absolute atomic E-state index is 12.7. The summed E-state index contributed by atoms with van der Waals surface area (Å²) in [4.78, 5) is 15.2. The molecule has 4 nitrogen and oxygen atoms in total. The number of carbonyl (C=O) groups excluding carboxylic acids is 1. The number of aliphatic hydroxyl groups is 1. The van der Waals surface area contributed by atoms with Crippen LogP contribution in [0.3, 0.4) is 0 Å². The molecule has 0 aromatic rings. The summed E-state index contributed by atoms with van der Waals surface area (Å²) in [5, 5.41) is 11.4. The first-order valence-corrected chi connectivity index (χ1v) is 8.20. The zero-order chi connectivity index (χ0) is 13.8. The summed E-state index contributed by atoms with van der Waals surface area (Å²) in [6, 6.07) is 0. The molecule has 2 saturated carbocycles. The third-order valence-electron chi connectivity index (χ3n) is 7.16. The summed E-state index contributed by atoms with van der Waals surface area (Å²) >= 11 is 0. The van der Waals surface area contributed by atoms with Crippen LogP contribution in [0.1, 0.15) is 45.4 Å². The highest BCUT2D eigenvalue weighted by Crippen LogP contribution is 2.72. The van der Waals surface area contributed by atoms with Crippen LogP contribution in [0.5, 0.6) is 0 Å². The van der Waals surface area contributed by atoms with Crippen LogP contribution < -0.4 is 0 Å². The van der Waals surface area contributed by atoms with Gasteiger partial charge in [0.2, 0.25) is 0 Å². The fourth-order valence-electron chi connectivity index (χ4n) is 6.81. The van der Waals surface area contributed by atoms with Crippen molar-refractivity contribution in [1.82, 2.24) is 4.90 Å². The van der Waals surface area contributed by atoms with Crippen LogP contribution in [0.25, 0.3) is 0 Å². The van der Waals surface area contributed by atoms with Gasteiger partial charge in [0.15, 0.2) is 5.78 Å². The number of nitrogens with zero attached hydrogens (tertiary/aromatic N) is 1. The summed E-state index contributed by atoms with van der Waals surface area (Å²) < 4.78 is 6.53. The Morgan fingerprint density at radius 1 is 1.40 bits per heavy atom. The highest BCUT2D eigenvalue weighted by molar-refractivity contribution is 5.92. The van der Waals surface area contributed by atoms with E-state index in [1.54, 1.807) is 0 Å². The van der Waals surface area contributed by atoms with Crippen molar-refractivity contribution in [3.05, 3.63) is 0 Å². The molecule has 3 heterocycles. The van der Waals surface area contributed by atoms with E-state index < -0.39 is 5.60 Å². The molecule has 1 N–H and O–H groups in total. The SMILES string of the molecule is C[C@@H]1C[C@H]2CC(=O)[C@@]3(O)C[C@@H]4CN5CCC[C@]23[C@]5(C1)O4. The highest BCUT2D eigenvalue weighted by atomic mass is 16.6. The molecule has 2 bridgehead atoms. The van der Waals surface area contributed by atoms with Crippen molar-refractivity contribution < 1.29 is 14.6 Å². The second-order valence-electron chi connectivity index (χ2n) is 7.98. The minimum absolute atomic E-state index is 0.0548. The molecule has 110 valence electrons. The zero-order valence-electron chi connectivity index (χ0n) is 12.1. The molecule has 5 rings (SSSR count). The maximum Gasteiger partial charge on any atom is 0.165 e. The molecule has 4 heteroatoms. The van der Waals surface area contributed by atoms with E-state index >= 15 is 0 Å². The third-order valence-corrected chi connectivity index (χ3v) is 7.16. The molecule has 0 radical (unpaired) electrons. The van der Waals surface area contributed by atoms with Crippen molar-refractivity contribution in [3.8, 4) is 0 Å². The second kappa shape index (κ2) is 3.31. The van der Waals surface area contributed by atoms with E-state index in [1.807, 2.05) is 0 Å². The van der Waals surface area contributed by atoms with Crippen molar-refractivity contribution in [2.24, 2.45) is 17.3 Å². The lowest BCUT2D eigenvalue weighted by molar-refractivity contribution is -0.321. The first-order chi connectivity index (χ1) is 9.52. The summed E-state index contributed by atoms with van der Waals surface area (Å²) in [6.07, 6.45) is 5.31. The number of hydrogen-bond acceptors (Lipinski definition) is 4. The Bertz CT molecular complexity index is 508.